The molecule has 0 heterocycles. The zero-order chi connectivity index (χ0) is 11.4. The summed E-state index contributed by atoms with van der Waals surface area (Å²) in [5.41, 5.74) is 0.975. The van der Waals surface area contributed by atoms with Crippen molar-refractivity contribution in [1.29, 1.82) is 0 Å². The number of carboxylic acids is 1. The highest BCUT2D eigenvalue weighted by Crippen LogP contribution is 2.27. The highest BCUT2D eigenvalue weighted by atomic mass is 79.9. The SMILES string of the molecule is C=CC(c1ccc(Br)cc1)C(C)C(=O)O. The number of aliphatic carboxylic acids is 1. The van der Waals surface area contributed by atoms with E-state index in [1.165, 1.54) is 0 Å². The molecule has 0 aliphatic carbocycles. The lowest BCUT2D eigenvalue weighted by Crippen LogP contribution is -2.17. The zero-order valence-corrected chi connectivity index (χ0v) is 10.1. The third-order valence-corrected chi connectivity index (χ3v) is 2.97. The molecule has 0 radical (unpaired) electrons. The number of carbonyl (C=O) groups is 1. The zero-order valence-electron chi connectivity index (χ0n) is 8.48. The van der Waals surface area contributed by atoms with Crippen LogP contribution in [-0.4, -0.2) is 11.1 Å². The molecular formula is C12H13BrO2. The van der Waals surface area contributed by atoms with Crippen LogP contribution in [0.25, 0.3) is 0 Å². The Morgan fingerprint density at radius 1 is 1.47 bits per heavy atom. The van der Waals surface area contributed by atoms with E-state index in [0.29, 0.717) is 0 Å². The summed E-state index contributed by atoms with van der Waals surface area (Å²) in [4.78, 5) is 10.9. The van der Waals surface area contributed by atoms with Gasteiger partial charge in [-0.05, 0) is 17.7 Å². The van der Waals surface area contributed by atoms with Crippen molar-refractivity contribution in [3.05, 3.63) is 47.0 Å². The van der Waals surface area contributed by atoms with Gasteiger partial charge in [-0.25, -0.2) is 0 Å². The van der Waals surface area contributed by atoms with Crippen molar-refractivity contribution in [2.24, 2.45) is 5.92 Å². The van der Waals surface area contributed by atoms with E-state index >= 15 is 0 Å². The van der Waals surface area contributed by atoms with Crippen LogP contribution in [0.2, 0.25) is 0 Å². The summed E-state index contributed by atoms with van der Waals surface area (Å²) in [7, 11) is 0. The van der Waals surface area contributed by atoms with Gasteiger partial charge in [0.25, 0.3) is 0 Å². The fraction of sp³-hybridized carbons (Fsp3) is 0.250. The first kappa shape index (κ1) is 12.0. The molecular weight excluding hydrogens is 256 g/mol. The van der Waals surface area contributed by atoms with Crippen molar-refractivity contribution in [3.8, 4) is 0 Å². The standard InChI is InChI=1S/C12H13BrO2/c1-3-11(8(2)12(14)15)9-4-6-10(13)7-5-9/h3-8,11H,1H2,2H3,(H,14,15). The maximum absolute atomic E-state index is 10.9. The average Bonchev–Trinajstić information content (AvgIpc) is 2.21. The van der Waals surface area contributed by atoms with Gasteiger partial charge in [-0.3, -0.25) is 4.79 Å². The number of allylic oxidation sites excluding steroid dienone is 1. The monoisotopic (exact) mass is 268 g/mol. The molecule has 0 aliphatic rings. The lowest BCUT2D eigenvalue weighted by Gasteiger charge is -2.17. The number of benzene rings is 1. The highest BCUT2D eigenvalue weighted by molar-refractivity contribution is 9.10. The molecule has 0 amide bonds. The van der Waals surface area contributed by atoms with Gasteiger partial charge in [0.1, 0.15) is 0 Å². The first-order chi connectivity index (χ1) is 7.06. The van der Waals surface area contributed by atoms with Gasteiger partial charge in [-0.15, -0.1) is 6.58 Å². The van der Waals surface area contributed by atoms with Crippen LogP contribution in [0.4, 0.5) is 0 Å². The summed E-state index contributed by atoms with van der Waals surface area (Å²) in [6.45, 7) is 5.38. The molecule has 2 atom stereocenters. The molecule has 1 aromatic carbocycles. The number of rotatable bonds is 4. The largest absolute Gasteiger partial charge is 0.481 e. The van der Waals surface area contributed by atoms with Gasteiger partial charge in [-0.2, -0.15) is 0 Å². The molecule has 0 bridgehead atoms. The molecule has 0 saturated carbocycles. The van der Waals surface area contributed by atoms with Crippen molar-refractivity contribution in [2.75, 3.05) is 0 Å². The number of hydrogen-bond donors (Lipinski definition) is 1. The van der Waals surface area contributed by atoms with Crippen molar-refractivity contribution in [1.82, 2.24) is 0 Å². The Morgan fingerprint density at radius 3 is 2.40 bits per heavy atom. The second kappa shape index (κ2) is 5.12. The maximum Gasteiger partial charge on any atom is 0.307 e. The van der Waals surface area contributed by atoms with Crippen molar-refractivity contribution in [2.45, 2.75) is 12.8 Å². The Hall–Kier alpha value is -1.09. The van der Waals surface area contributed by atoms with E-state index in [-0.39, 0.29) is 5.92 Å². The van der Waals surface area contributed by atoms with Crippen LogP contribution in [0.15, 0.2) is 41.4 Å². The molecule has 1 N–H and O–H groups in total. The van der Waals surface area contributed by atoms with E-state index < -0.39 is 11.9 Å². The lowest BCUT2D eigenvalue weighted by molar-refractivity contribution is -0.141. The Kier molecular flexibility index (Phi) is 4.09. The van der Waals surface area contributed by atoms with Crippen molar-refractivity contribution in [3.63, 3.8) is 0 Å². The molecule has 3 heteroatoms. The van der Waals surface area contributed by atoms with E-state index in [0.717, 1.165) is 10.0 Å². The minimum atomic E-state index is -0.803. The van der Waals surface area contributed by atoms with E-state index in [4.69, 9.17) is 5.11 Å². The second-order valence-electron chi connectivity index (χ2n) is 3.44. The molecule has 2 nitrogen and oxygen atoms in total. The summed E-state index contributed by atoms with van der Waals surface area (Å²) >= 11 is 3.34. The van der Waals surface area contributed by atoms with Crippen LogP contribution < -0.4 is 0 Å². The fourth-order valence-corrected chi connectivity index (χ4v) is 1.73. The summed E-state index contributed by atoms with van der Waals surface area (Å²) in [6.07, 6.45) is 1.68. The normalized spacial score (nSPS) is 14.3. The van der Waals surface area contributed by atoms with Gasteiger partial charge < -0.3 is 5.11 Å². The van der Waals surface area contributed by atoms with E-state index in [2.05, 4.69) is 22.5 Å². The number of hydrogen-bond acceptors (Lipinski definition) is 1. The quantitative estimate of drug-likeness (QED) is 0.850. The van der Waals surface area contributed by atoms with Gasteiger partial charge in [-0.1, -0.05) is 41.1 Å². The van der Waals surface area contributed by atoms with Gasteiger partial charge in [0, 0.05) is 10.4 Å². The van der Waals surface area contributed by atoms with Crippen molar-refractivity contribution >= 4 is 21.9 Å². The molecule has 0 fully saturated rings. The Balaban J connectivity index is 2.97. The Bertz CT molecular complexity index is 356. The second-order valence-corrected chi connectivity index (χ2v) is 4.36. The van der Waals surface area contributed by atoms with E-state index in [1.54, 1.807) is 13.0 Å². The van der Waals surface area contributed by atoms with E-state index in [1.807, 2.05) is 24.3 Å². The minimum absolute atomic E-state index is 0.143. The molecule has 0 aromatic heterocycles. The molecule has 1 aromatic rings. The van der Waals surface area contributed by atoms with Gasteiger partial charge in [0.15, 0.2) is 0 Å². The fourth-order valence-electron chi connectivity index (χ4n) is 1.47. The van der Waals surface area contributed by atoms with Crippen molar-refractivity contribution < 1.29 is 9.90 Å². The van der Waals surface area contributed by atoms with Crippen LogP contribution in [0.1, 0.15) is 18.4 Å². The summed E-state index contributed by atoms with van der Waals surface area (Å²) in [5.74, 6) is -1.40. The topological polar surface area (TPSA) is 37.3 Å². The van der Waals surface area contributed by atoms with Gasteiger partial charge >= 0.3 is 5.97 Å². The van der Waals surface area contributed by atoms with E-state index in [9.17, 15) is 4.79 Å². The molecule has 2 unspecified atom stereocenters. The summed E-state index contributed by atoms with van der Waals surface area (Å²) in [5, 5.41) is 8.94. The first-order valence-corrected chi connectivity index (χ1v) is 5.46. The van der Waals surface area contributed by atoms with Crippen LogP contribution >= 0.6 is 15.9 Å². The third kappa shape index (κ3) is 2.93. The molecule has 0 aliphatic heterocycles. The molecule has 15 heavy (non-hydrogen) atoms. The minimum Gasteiger partial charge on any atom is -0.481 e. The van der Waals surface area contributed by atoms with Crippen LogP contribution in [-0.2, 0) is 4.79 Å². The lowest BCUT2D eigenvalue weighted by atomic mass is 9.87. The number of halogens is 1. The van der Waals surface area contributed by atoms with Gasteiger partial charge in [0.05, 0.1) is 5.92 Å². The van der Waals surface area contributed by atoms with Crippen LogP contribution in [0, 0.1) is 5.92 Å². The van der Waals surface area contributed by atoms with Gasteiger partial charge in [0.2, 0.25) is 0 Å². The molecule has 1 rings (SSSR count). The first-order valence-electron chi connectivity index (χ1n) is 4.67. The molecule has 80 valence electrons. The Labute approximate surface area is 97.8 Å². The highest BCUT2D eigenvalue weighted by Gasteiger charge is 2.22. The van der Waals surface area contributed by atoms with Crippen LogP contribution in [0.5, 0.6) is 0 Å². The predicted octanol–water partition coefficient (Wildman–Crippen LogP) is 3.44. The number of carboxylic acid groups (broad SMARTS) is 1. The summed E-state index contributed by atoms with van der Waals surface area (Å²) in [6, 6.07) is 7.63. The Morgan fingerprint density at radius 2 is 2.00 bits per heavy atom. The third-order valence-electron chi connectivity index (χ3n) is 2.44. The van der Waals surface area contributed by atoms with Crippen LogP contribution in [0.3, 0.4) is 0 Å². The molecule has 0 spiro atoms. The average molecular weight is 269 g/mol. The predicted molar refractivity (Wildman–Crippen MR) is 63.9 cm³/mol. The maximum atomic E-state index is 10.9. The smallest absolute Gasteiger partial charge is 0.307 e. The molecule has 0 saturated heterocycles. The summed E-state index contributed by atoms with van der Waals surface area (Å²) < 4.78 is 0.983.